The average Bonchev–Trinajstić information content (AvgIpc) is 2.52. The third-order valence-electron chi connectivity index (χ3n) is 4.47. The van der Waals surface area contributed by atoms with Crippen LogP contribution in [0.15, 0.2) is 0 Å². The molecule has 4 heteroatoms. The van der Waals surface area contributed by atoms with Gasteiger partial charge in [0.05, 0.1) is 0 Å². The fourth-order valence-corrected chi connectivity index (χ4v) is 3.30. The Kier molecular flexibility index (Phi) is 3.46. The van der Waals surface area contributed by atoms with Crippen molar-refractivity contribution in [2.45, 2.75) is 57.2 Å². The van der Waals surface area contributed by atoms with E-state index in [9.17, 15) is 4.79 Å². The molecule has 0 aromatic heterocycles. The van der Waals surface area contributed by atoms with E-state index in [1.807, 2.05) is 0 Å². The summed E-state index contributed by atoms with van der Waals surface area (Å²) in [6.45, 7) is 5.18. The fourth-order valence-electron chi connectivity index (χ4n) is 3.30. The lowest BCUT2D eigenvalue weighted by Crippen LogP contribution is -2.63. The first-order chi connectivity index (χ1) is 7.94. The van der Waals surface area contributed by atoms with Crippen molar-refractivity contribution in [1.82, 2.24) is 10.2 Å². The van der Waals surface area contributed by atoms with Gasteiger partial charge in [0, 0.05) is 12.1 Å². The first-order valence-electron chi connectivity index (χ1n) is 6.71. The Labute approximate surface area is 104 Å². The van der Waals surface area contributed by atoms with Crippen LogP contribution in [0, 0.1) is 5.92 Å². The van der Waals surface area contributed by atoms with Gasteiger partial charge in [-0.1, -0.05) is 13.8 Å². The molecule has 0 aliphatic carbocycles. The third-order valence-corrected chi connectivity index (χ3v) is 4.47. The maximum absolute atomic E-state index is 11.9. The van der Waals surface area contributed by atoms with Crippen molar-refractivity contribution in [3.63, 3.8) is 0 Å². The van der Waals surface area contributed by atoms with Crippen molar-refractivity contribution in [3.05, 3.63) is 0 Å². The Morgan fingerprint density at radius 3 is 2.35 bits per heavy atom. The largest absolute Gasteiger partial charge is 0.368 e. The topological polar surface area (TPSA) is 58.4 Å². The molecule has 0 aromatic carbocycles. The predicted octanol–water partition coefficient (Wildman–Crippen LogP) is 0.713. The van der Waals surface area contributed by atoms with E-state index in [1.54, 1.807) is 0 Å². The second kappa shape index (κ2) is 4.58. The molecule has 2 bridgehead atoms. The number of hydrogen-bond acceptors (Lipinski definition) is 3. The molecule has 0 radical (unpaired) electrons. The number of primary amides is 1. The van der Waals surface area contributed by atoms with Gasteiger partial charge in [0.2, 0.25) is 5.91 Å². The first kappa shape index (κ1) is 12.8. The number of nitrogens with one attached hydrogen (secondary N) is 1. The van der Waals surface area contributed by atoms with E-state index in [4.69, 9.17) is 5.73 Å². The van der Waals surface area contributed by atoms with Gasteiger partial charge in [0.15, 0.2) is 0 Å². The zero-order chi connectivity index (χ0) is 12.6. The summed E-state index contributed by atoms with van der Waals surface area (Å²) in [5.74, 6) is 0.381. The van der Waals surface area contributed by atoms with Crippen LogP contribution in [0.4, 0.5) is 0 Å². The van der Waals surface area contributed by atoms with Gasteiger partial charge in [-0.25, -0.2) is 0 Å². The molecule has 2 atom stereocenters. The Morgan fingerprint density at radius 1 is 1.41 bits per heavy atom. The molecule has 0 saturated carbocycles. The van der Waals surface area contributed by atoms with Crippen molar-refractivity contribution in [2.24, 2.45) is 11.7 Å². The molecule has 17 heavy (non-hydrogen) atoms. The van der Waals surface area contributed by atoms with Crippen LogP contribution in [0.25, 0.3) is 0 Å². The summed E-state index contributed by atoms with van der Waals surface area (Å²) in [5.41, 5.74) is 5.21. The second-order valence-corrected chi connectivity index (χ2v) is 6.18. The van der Waals surface area contributed by atoms with Gasteiger partial charge in [0.25, 0.3) is 0 Å². The van der Waals surface area contributed by atoms with Gasteiger partial charge in [-0.15, -0.1) is 0 Å². The van der Waals surface area contributed by atoms with E-state index < -0.39 is 5.54 Å². The smallest absolute Gasteiger partial charge is 0.237 e. The van der Waals surface area contributed by atoms with Crippen molar-refractivity contribution in [3.8, 4) is 0 Å². The van der Waals surface area contributed by atoms with Crippen molar-refractivity contribution >= 4 is 5.91 Å². The molecule has 4 nitrogen and oxygen atoms in total. The van der Waals surface area contributed by atoms with Crippen molar-refractivity contribution in [1.29, 1.82) is 0 Å². The molecular weight excluding hydrogens is 214 g/mol. The molecule has 2 fully saturated rings. The quantitative estimate of drug-likeness (QED) is 0.760. The minimum atomic E-state index is -0.456. The molecule has 1 amide bonds. The summed E-state index contributed by atoms with van der Waals surface area (Å²) >= 11 is 0. The fraction of sp³-hybridized carbons (Fsp3) is 0.923. The number of carbonyl (C=O) groups excluding carboxylic acids is 1. The lowest BCUT2D eigenvalue weighted by atomic mass is 9.82. The molecule has 2 unspecified atom stereocenters. The highest BCUT2D eigenvalue weighted by Crippen LogP contribution is 2.39. The Morgan fingerprint density at radius 2 is 1.94 bits per heavy atom. The molecule has 2 heterocycles. The maximum Gasteiger partial charge on any atom is 0.237 e. The number of nitrogens with two attached hydrogens (primary N) is 1. The highest BCUT2D eigenvalue weighted by atomic mass is 16.1. The zero-order valence-corrected chi connectivity index (χ0v) is 11.2. The van der Waals surface area contributed by atoms with E-state index in [0.717, 1.165) is 19.4 Å². The molecular formula is C13H25N3O. The standard InChI is InChI=1S/C13H25N3O/c1-9(2)8-15-13(12(14)17)6-10-4-5-11(7-13)16(10)3/h9-11,15H,4-8H2,1-3H3,(H2,14,17). The number of amides is 1. The Hall–Kier alpha value is -0.610. The number of fused-ring (bicyclic) bond motifs is 2. The SMILES string of the molecule is CC(C)CNC1(C(N)=O)CC2CCC(C1)N2C. The summed E-state index contributed by atoms with van der Waals surface area (Å²) in [5, 5.41) is 3.45. The minimum Gasteiger partial charge on any atom is -0.368 e. The number of piperidine rings is 1. The Bertz CT molecular complexity index is 289. The summed E-state index contributed by atoms with van der Waals surface area (Å²) < 4.78 is 0. The summed E-state index contributed by atoms with van der Waals surface area (Å²) in [4.78, 5) is 14.3. The van der Waals surface area contributed by atoms with Crippen LogP contribution >= 0.6 is 0 Å². The lowest BCUT2D eigenvalue weighted by Gasteiger charge is -2.44. The molecule has 2 aliphatic heterocycles. The molecule has 98 valence electrons. The van der Waals surface area contributed by atoms with Gasteiger partial charge in [-0.05, 0) is 45.2 Å². The van der Waals surface area contributed by atoms with Crippen LogP contribution < -0.4 is 11.1 Å². The number of nitrogens with zero attached hydrogens (tertiary/aromatic N) is 1. The van der Waals surface area contributed by atoms with E-state index in [2.05, 4.69) is 31.1 Å². The average molecular weight is 239 g/mol. The summed E-state index contributed by atoms with van der Waals surface area (Å²) in [6, 6.07) is 1.06. The van der Waals surface area contributed by atoms with E-state index in [1.165, 1.54) is 12.8 Å². The van der Waals surface area contributed by atoms with Crippen molar-refractivity contribution in [2.75, 3.05) is 13.6 Å². The van der Waals surface area contributed by atoms with Crippen LogP contribution in [0.3, 0.4) is 0 Å². The lowest BCUT2D eigenvalue weighted by molar-refractivity contribution is -0.127. The Balaban J connectivity index is 2.11. The number of hydrogen-bond donors (Lipinski definition) is 2. The monoisotopic (exact) mass is 239 g/mol. The van der Waals surface area contributed by atoms with E-state index >= 15 is 0 Å². The number of rotatable bonds is 4. The zero-order valence-electron chi connectivity index (χ0n) is 11.2. The normalized spacial score (nSPS) is 37.6. The van der Waals surface area contributed by atoms with Gasteiger partial charge in [-0.2, -0.15) is 0 Å². The minimum absolute atomic E-state index is 0.164. The maximum atomic E-state index is 11.9. The predicted molar refractivity (Wildman–Crippen MR) is 68.6 cm³/mol. The van der Waals surface area contributed by atoms with Crippen molar-refractivity contribution < 1.29 is 4.79 Å². The molecule has 0 aromatic rings. The van der Waals surface area contributed by atoms with Crippen LogP contribution in [0.2, 0.25) is 0 Å². The second-order valence-electron chi connectivity index (χ2n) is 6.18. The summed E-state index contributed by atoms with van der Waals surface area (Å²) in [6.07, 6.45) is 4.17. The molecule has 2 rings (SSSR count). The van der Waals surface area contributed by atoms with E-state index in [-0.39, 0.29) is 5.91 Å². The first-order valence-corrected chi connectivity index (χ1v) is 6.71. The van der Waals surface area contributed by atoms with Gasteiger partial charge in [0.1, 0.15) is 5.54 Å². The summed E-state index contributed by atoms with van der Waals surface area (Å²) in [7, 11) is 2.18. The van der Waals surface area contributed by atoms with Crippen LogP contribution in [-0.2, 0) is 4.79 Å². The number of carbonyl (C=O) groups is 1. The van der Waals surface area contributed by atoms with Crippen LogP contribution in [0.1, 0.15) is 39.5 Å². The molecule has 0 spiro atoms. The molecule has 3 N–H and O–H groups in total. The van der Waals surface area contributed by atoms with Crippen LogP contribution in [-0.4, -0.2) is 42.0 Å². The molecule has 2 saturated heterocycles. The van der Waals surface area contributed by atoms with Crippen LogP contribution in [0.5, 0.6) is 0 Å². The highest BCUT2D eigenvalue weighted by molar-refractivity contribution is 5.85. The van der Waals surface area contributed by atoms with Gasteiger partial charge >= 0.3 is 0 Å². The van der Waals surface area contributed by atoms with Gasteiger partial charge < -0.3 is 16.0 Å². The highest BCUT2D eigenvalue weighted by Gasteiger charge is 2.49. The third kappa shape index (κ3) is 2.33. The molecule has 2 aliphatic rings. The van der Waals surface area contributed by atoms with Gasteiger partial charge in [-0.3, -0.25) is 4.79 Å². The van der Waals surface area contributed by atoms with E-state index in [0.29, 0.717) is 18.0 Å².